The van der Waals surface area contributed by atoms with Crippen LogP contribution in [0.1, 0.15) is 60.5 Å². The van der Waals surface area contributed by atoms with E-state index in [2.05, 4.69) is 17.2 Å². The van der Waals surface area contributed by atoms with Crippen LogP contribution in [0.2, 0.25) is 0 Å². The van der Waals surface area contributed by atoms with E-state index in [1.165, 1.54) is 0 Å². The maximum Gasteiger partial charge on any atom is 0.272 e. The highest BCUT2D eigenvalue weighted by Crippen LogP contribution is 2.43. The number of ether oxygens (including phenoxy) is 1. The van der Waals surface area contributed by atoms with Gasteiger partial charge in [0.05, 0.1) is 23.5 Å². The molecule has 1 amide bonds. The van der Waals surface area contributed by atoms with Gasteiger partial charge in [-0.15, -0.1) is 0 Å². The van der Waals surface area contributed by atoms with Crippen molar-refractivity contribution < 1.29 is 14.6 Å². The molecular weight excluding hydrogens is 354 g/mol. The lowest BCUT2D eigenvalue weighted by Crippen LogP contribution is -2.52. The van der Waals surface area contributed by atoms with E-state index in [-0.39, 0.29) is 23.7 Å². The van der Waals surface area contributed by atoms with Crippen LogP contribution < -0.4 is 0 Å². The molecule has 2 saturated heterocycles. The number of nitrogens with zero attached hydrogens (tertiary/aromatic N) is 3. The quantitative estimate of drug-likeness (QED) is 0.884. The second-order valence-corrected chi connectivity index (χ2v) is 8.07. The Kier molecular flexibility index (Phi) is 5.25. The highest BCUT2D eigenvalue weighted by Gasteiger charge is 2.44. The maximum absolute atomic E-state index is 13.0. The van der Waals surface area contributed by atoms with Gasteiger partial charge in [-0.05, 0) is 38.3 Å². The van der Waals surface area contributed by atoms with Crippen LogP contribution in [-0.2, 0) is 11.3 Å². The van der Waals surface area contributed by atoms with Crippen molar-refractivity contribution in [3.63, 3.8) is 0 Å². The number of carbonyl (C=O) groups is 1. The number of benzene rings is 1. The van der Waals surface area contributed by atoms with Crippen molar-refractivity contribution >= 4 is 5.91 Å². The van der Waals surface area contributed by atoms with Gasteiger partial charge in [0.2, 0.25) is 0 Å². The van der Waals surface area contributed by atoms with E-state index in [9.17, 15) is 9.90 Å². The number of aryl methyl sites for hydroxylation is 2. The van der Waals surface area contributed by atoms with Crippen molar-refractivity contribution in [1.82, 2.24) is 14.7 Å². The molecule has 4 rings (SSSR count). The number of amides is 1. The normalized spacial score (nSPS) is 24.5. The van der Waals surface area contributed by atoms with Gasteiger partial charge in [-0.3, -0.25) is 9.48 Å². The van der Waals surface area contributed by atoms with E-state index in [0.717, 1.165) is 24.1 Å². The van der Waals surface area contributed by atoms with Crippen LogP contribution in [0.4, 0.5) is 0 Å². The molecule has 2 aliphatic rings. The minimum atomic E-state index is -0.370. The van der Waals surface area contributed by atoms with Crippen molar-refractivity contribution in [3.05, 3.63) is 53.3 Å². The van der Waals surface area contributed by atoms with Gasteiger partial charge in [0, 0.05) is 32.5 Å². The first-order valence-corrected chi connectivity index (χ1v) is 10.2. The monoisotopic (exact) mass is 383 g/mol. The standard InChI is InChI=1S/C22H29N3O3/c1-3-25-19(13-16(2)23-25)21(27)24-11-9-22(10-12-24)15-18(26)14-20(28-22)17-7-5-4-6-8-17/h4-8,13,18,20,26H,3,9-12,14-15H2,1-2H3/t18-,20+/m0/s1. The Labute approximate surface area is 166 Å². The van der Waals surface area contributed by atoms with Crippen molar-refractivity contribution in [3.8, 4) is 0 Å². The molecule has 0 radical (unpaired) electrons. The Morgan fingerprint density at radius 2 is 2.00 bits per heavy atom. The molecule has 28 heavy (non-hydrogen) atoms. The summed E-state index contributed by atoms with van der Waals surface area (Å²) in [6, 6.07) is 12.0. The number of aliphatic hydroxyl groups is 1. The zero-order valence-corrected chi connectivity index (χ0v) is 16.7. The van der Waals surface area contributed by atoms with Crippen molar-refractivity contribution in [2.24, 2.45) is 0 Å². The van der Waals surface area contributed by atoms with Crippen molar-refractivity contribution in [2.45, 2.75) is 63.9 Å². The summed E-state index contributed by atoms with van der Waals surface area (Å²) in [7, 11) is 0. The van der Waals surface area contributed by atoms with Crippen molar-refractivity contribution in [1.29, 1.82) is 0 Å². The predicted molar refractivity (Wildman–Crippen MR) is 106 cm³/mol. The number of hydrogen-bond donors (Lipinski definition) is 1. The SMILES string of the molecule is CCn1nc(C)cc1C(=O)N1CCC2(CC1)C[C@@H](O)C[C@H](c1ccccc1)O2. The molecule has 0 saturated carbocycles. The summed E-state index contributed by atoms with van der Waals surface area (Å²) in [6.45, 7) is 5.87. The third-order valence-electron chi connectivity index (χ3n) is 6.04. The highest BCUT2D eigenvalue weighted by atomic mass is 16.5. The molecular formula is C22H29N3O3. The number of aromatic nitrogens is 2. The Balaban J connectivity index is 1.46. The molecule has 2 atom stereocenters. The topological polar surface area (TPSA) is 67.6 Å². The summed E-state index contributed by atoms with van der Waals surface area (Å²) in [5.41, 5.74) is 2.28. The zero-order chi connectivity index (χ0) is 19.7. The number of rotatable bonds is 3. The minimum Gasteiger partial charge on any atom is -0.393 e. The van der Waals surface area contributed by atoms with Gasteiger partial charge in [-0.25, -0.2) is 0 Å². The first-order valence-electron chi connectivity index (χ1n) is 10.2. The number of piperidine rings is 1. The molecule has 6 nitrogen and oxygen atoms in total. The second kappa shape index (κ2) is 7.68. The van der Waals surface area contributed by atoms with Gasteiger partial charge in [-0.1, -0.05) is 30.3 Å². The summed E-state index contributed by atoms with van der Waals surface area (Å²) in [6.07, 6.45) is 2.31. The molecule has 150 valence electrons. The van der Waals surface area contributed by atoms with Gasteiger partial charge in [0.15, 0.2) is 0 Å². The molecule has 0 unspecified atom stereocenters. The number of carbonyl (C=O) groups excluding carboxylic acids is 1. The molecule has 2 fully saturated rings. The maximum atomic E-state index is 13.0. The van der Waals surface area contributed by atoms with Gasteiger partial charge in [-0.2, -0.15) is 5.10 Å². The fourth-order valence-corrected chi connectivity index (χ4v) is 4.59. The van der Waals surface area contributed by atoms with E-state index >= 15 is 0 Å². The van der Waals surface area contributed by atoms with E-state index in [0.29, 0.717) is 38.2 Å². The van der Waals surface area contributed by atoms with E-state index in [4.69, 9.17) is 4.74 Å². The third kappa shape index (κ3) is 3.71. The van der Waals surface area contributed by atoms with Gasteiger partial charge in [0.25, 0.3) is 5.91 Å². The number of likely N-dealkylation sites (tertiary alicyclic amines) is 1. The average Bonchev–Trinajstić information content (AvgIpc) is 3.09. The lowest BCUT2D eigenvalue weighted by molar-refractivity contribution is -0.181. The Morgan fingerprint density at radius 3 is 2.68 bits per heavy atom. The Morgan fingerprint density at radius 1 is 1.29 bits per heavy atom. The van der Waals surface area contributed by atoms with Gasteiger partial charge >= 0.3 is 0 Å². The van der Waals surface area contributed by atoms with Crippen LogP contribution in [-0.4, -0.2) is 50.5 Å². The van der Waals surface area contributed by atoms with Crippen LogP contribution >= 0.6 is 0 Å². The smallest absolute Gasteiger partial charge is 0.272 e. The summed E-state index contributed by atoms with van der Waals surface area (Å²) in [5, 5.41) is 14.9. The molecule has 0 bridgehead atoms. The van der Waals surface area contributed by atoms with Crippen LogP contribution in [0.5, 0.6) is 0 Å². The second-order valence-electron chi connectivity index (χ2n) is 8.07. The molecule has 1 aromatic heterocycles. The molecule has 0 aliphatic carbocycles. The molecule has 1 spiro atoms. The molecule has 6 heteroatoms. The van der Waals surface area contributed by atoms with Gasteiger partial charge < -0.3 is 14.7 Å². The fraction of sp³-hybridized carbons (Fsp3) is 0.545. The summed E-state index contributed by atoms with van der Waals surface area (Å²) in [4.78, 5) is 14.9. The van der Waals surface area contributed by atoms with Crippen LogP contribution in [0.3, 0.4) is 0 Å². The highest BCUT2D eigenvalue weighted by molar-refractivity contribution is 5.92. The first kappa shape index (κ1) is 19.2. The Bertz CT molecular complexity index is 825. The van der Waals surface area contributed by atoms with Crippen LogP contribution in [0.25, 0.3) is 0 Å². The van der Waals surface area contributed by atoms with E-state index < -0.39 is 0 Å². The molecule has 1 N–H and O–H groups in total. The number of hydrogen-bond acceptors (Lipinski definition) is 4. The third-order valence-corrected chi connectivity index (χ3v) is 6.04. The largest absolute Gasteiger partial charge is 0.393 e. The van der Waals surface area contributed by atoms with Crippen LogP contribution in [0, 0.1) is 6.92 Å². The summed E-state index contributed by atoms with van der Waals surface area (Å²) in [5.74, 6) is 0.0354. The minimum absolute atomic E-state index is 0.0354. The Hall–Kier alpha value is -2.18. The zero-order valence-electron chi connectivity index (χ0n) is 16.7. The van der Waals surface area contributed by atoms with Crippen LogP contribution in [0.15, 0.2) is 36.4 Å². The van der Waals surface area contributed by atoms with E-state index in [1.807, 2.05) is 43.0 Å². The van der Waals surface area contributed by atoms with E-state index in [1.54, 1.807) is 4.68 Å². The average molecular weight is 383 g/mol. The fourth-order valence-electron chi connectivity index (χ4n) is 4.59. The lowest BCUT2D eigenvalue weighted by Gasteiger charge is -2.48. The first-order chi connectivity index (χ1) is 13.5. The summed E-state index contributed by atoms with van der Waals surface area (Å²) >= 11 is 0. The lowest BCUT2D eigenvalue weighted by atomic mass is 9.81. The molecule has 2 aliphatic heterocycles. The number of aliphatic hydroxyl groups excluding tert-OH is 1. The van der Waals surface area contributed by atoms with Crippen molar-refractivity contribution in [2.75, 3.05) is 13.1 Å². The molecule has 1 aromatic carbocycles. The molecule has 3 heterocycles. The van der Waals surface area contributed by atoms with Gasteiger partial charge in [0.1, 0.15) is 5.69 Å². The predicted octanol–water partition coefficient (Wildman–Crippen LogP) is 3.10. The molecule has 2 aromatic rings. The summed E-state index contributed by atoms with van der Waals surface area (Å²) < 4.78 is 8.31.